The first kappa shape index (κ1) is 22.1. The van der Waals surface area contributed by atoms with Crippen molar-refractivity contribution in [2.75, 3.05) is 15.7 Å². The highest BCUT2D eigenvalue weighted by Crippen LogP contribution is 2.22. The third kappa shape index (κ3) is 5.29. The van der Waals surface area contributed by atoms with E-state index in [0.29, 0.717) is 11.4 Å². The molecule has 0 amide bonds. The fourth-order valence-corrected chi connectivity index (χ4v) is 5.03. The van der Waals surface area contributed by atoms with Gasteiger partial charge in [-0.3, -0.25) is 4.72 Å². The molecule has 0 saturated carbocycles. The van der Waals surface area contributed by atoms with Crippen molar-refractivity contribution in [2.45, 2.75) is 28.5 Å². The van der Waals surface area contributed by atoms with Crippen molar-refractivity contribution in [3.05, 3.63) is 66.0 Å². The Balaban J connectivity index is 1.78. The first-order valence-electron chi connectivity index (χ1n) is 8.71. The first-order valence-corrected chi connectivity index (χ1v) is 12.9. The van der Waals surface area contributed by atoms with Gasteiger partial charge >= 0.3 is 0 Å². The van der Waals surface area contributed by atoms with E-state index in [4.69, 9.17) is 0 Å². The SMILES string of the molecule is CSc1ccc(S(=O)(=O)Nc2ccc(S(=O)(=O)Nc3nc(C)cc(C)n3)cc2)cc1. The number of sulfonamides is 2. The second-order valence-electron chi connectivity index (χ2n) is 6.39. The Bertz CT molecular complexity index is 1240. The van der Waals surface area contributed by atoms with E-state index in [1.807, 2.05) is 6.26 Å². The zero-order valence-electron chi connectivity index (χ0n) is 16.4. The summed E-state index contributed by atoms with van der Waals surface area (Å²) in [6, 6.07) is 13.6. The lowest BCUT2D eigenvalue weighted by atomic mass is 10.3. The number of benzene rings is 2. The maximum atomic E-state index is 12.6. The van der Waals surface area contributed by atoms with E-state index in [1.54, 1.807) is 32.0 Å². The molecule has 0 aliphatic rings. The fraction of sp³-hybridized carbons (Fsp3) is 0.158. The number of anilines is 2. The minimum absolute atomic E-state index is 0.0223. The highest BCUT2D eigenvalue weighted by atomic mass is 32.2. The Morgan fingerprint density at radius 1 is 0.733 bits per heavy atom. The number of nitrogens with zero attached hydrogens (tertiary/aromatic N) is 2. The molecular formula is C19H20N4O4S3. The largest absolute Gasteiger partial charge is 0.280 e. The molecule has 0 aliphatic carbocycles. The highest BCUT2D eigenvalue weighted by molar-refractivity contribution is 7.98. The molecule has 0 aliphatic heterocycles. The molecule has 0 bridgehead atoms. The number of thioether (sulfide) groups is 1. The number of aromatic nitrogens is 2. The molecule has 1 heterocycles. The van der Waals surface area contributed by atoms with Gasteiger partial charge in [-0.1, -0.05) is 0 Å². The molecule has 158 valence electrons. The molecule has 11 heteroatoms. The number of nitrogens with one attached hydrogen (secondary N) is 2. The maximum Gasteiger partial charge on any atom is 0.264 e. The van der Waals surface area contributed by atoms with Crippen molar-refractivity contribution < 1.29 is 16.8 Å². The molecule has 8 nitrogen and oxygen atoms in total. The van der Waals surface area contributed by atoms with Crippen LogP contribution >= 0.6 is 11.8 Å². The Morgan fingerprint density at radius 3 is 1.70 bits per heavy atom. The average molecular weight is 465 g/mol. The number of hydrogen-bond donors (Lipinski definition) is 2. The average Bonchev–Trinajstić information content (AvgIpc) is 2.67. The van der Waals surface area contributed by atoms with Gasteiger partial charge in [0.15, 0.2) is 0 Å². The monoisotopic (exact) mass is 464 g/mol. The standard InChI is InChI=1S/C19H20N4O4S3/c1-13-12-14(2)21-19(20-13)23-30(26,27)17-8-4-15(5-9-17)22-29(24,25)18-10-6-16(28-3)7-11-18/h4-12,22H,1-3H3,(H,20,21,23). The van der Waals surface area contributed by atoms with E-state index in [2.05, 4.69) is 19.4 Å². The highest BCUT2D eigenvalue weighted by Gasteiger charge is 2.18. The molecule has 0 fully saturated rings. The Hall–Kier alpha value is -2.63. The van der Waals surface area contributed by atoms with Gasteiger partial charge in [-0.05, 0) is 74.7 Å². The van der Waals surface area contributed by atoms with Crippen LogP contribution in [0.15, 0.2) is 69.3 Å². The fourth-order valence-electron chi connectivity index (χ4n) is 2.62. The zero-order valence-corrected chi connectivity index (χ0v) is 18.9. The van der Waals surface area contributed by atoms with Gasteiger partial charge in [-0.2, -0.15) is 0 Å². The Labute approximate surface area is 180 Å². The van der Waals surface area contributed by atoms with Crippen LogP contribution in [0, 0.1) is 13.8 Å². The van der Waals surface area contributed by atoms with E-state index in [1.165, 1.54) is 48.2 Å². The lowest BCUT2D eigenvalue weighted by Crippen LogP contribution is -2.16. The van der Waals surface area contributed by atoms with Crippen molar-refractivity contribution in [3.63, 3.8) is 0 Å². The van der Waals surface area contributed by atoms with E-state index < -0.39 is 20.0 Å². The second-order valence-corrected chi connectivity index (χ2v) is 10.6. The maximum absolute atomic E-state index is 12.6. The van der Waals surface area contributed by atoms with E-state index in [0.717, 1.165) is 4.90 Å². The van der Waals surface area contributed by atoms with Gasteiger partial charge in [0.05, 0.1) is 9.79 Å². The molecular weight excluding hydrogens is 444 g/mol. The lowest BCUT2D eigenvalue weighted by Gasteiger charge is -2.10. The van der Waals surface area contributed by atoms with Crippen molar-refractivity contribution in [3.8, 4) is 0 Å². The third-order valence-electron chi connectivity index (χ3n) is 3.99. The summed E-state index contributed by atoms with van der Waals surface area (Å²) in [6.45, 7) is 3.48. The van der Waals surface area contributed by atoms with Gasteiger partial charge in [-0.25, -0.2) is 31.5 Å². The summed E-state index contributed by atoms with van der Waals surface area (Å²) in [5, 5.41) is 0. The number of rotatable bonds is 7. The molecule has 0 atom stereocenters. The summed E-state index contributed by atoms with van der Waals surface area (Å²) in [7, 11) is -7.71. The predicted octanol–water partition coefficient (Wildman–Crippen LogP) is 3.42. The van der Waals surface area contributed by atoms with Crippen LogP contribution < -0.4 is 9.44 Å². The van der Waals surface area contributed by atoms with Crippen LogP contribution in [0.5, 0.6) is 0 Å². The van der Waals surface area contributed by atoms with Gasteiger partial charge in [0.25, 0.3) is 20.0 Å². The van der Waals surface area contributed by atoms with Crippen molar-refractivity contribution >= 4 is 43.4 Å². The van der Waals surface area contributed by atoms with Crippen LogP contribution in [0.25, 0.3) is 0 Å². The van der Waals surface area contributed by atoms with Crippen molar-refractivity contribution in [1.82, 2.24) is 9.97 Å². The normalized spacial score (nSPS) is 11.8. The molecule has 30 heavy (non-hydrogen) atoms. The van der Waals surface area contributed by atoms with Gasteiger partial charge in [0, 0.05) is 22.0 Å². The first-order chi connectivity index (χ1) is 14.1. The van der Waals surface area contributed by atoms with Gasteiger partial charge in [0.2, 0.25) is 5.95 Å². The predicted molar refractivity (Wildman–Crippen MR) is 118 cm³/mol. The molecule has 1 aromatic heterocycles. The smallest absolute Gasteiger partial charge is 0.264 e. The van der Waals surface area contributed by atoms with Gasteiger partial charge < -0.3 is 0 Å². The van der Waals surface area contributed by atoms with Crippen LogP contribution in [-0.4, -0.2) is 33.1 Å². The Morgan fingerprint density at radius 2 is 1.20 bits per heavy atom. The van der Waals surface area contributed by atoms with Crippen molar-refractivity contribution in [1.29, 1.82) is 0 Å². The quantitative estimate of drug-likeness (QED) is 0.514. The van der Waals surface area contributed by atoms with Crippen LogP contribution in [0.4, 0.5) is 11.6 Å². The van der Waals surface area contributed by atoms with Gasteiger partial charge in [-0.15, -0.1) is 11.8 Å². The van der Waals surface area contributed by atoms with Crippen LogP contribution in [0.3, 0.4) is 0 Å². The topological polar surface area (TPSA) is 118 Å². The summed E-state index contributed by atoms with van der Waals surface area (Å²) in [5.74, 6) is -0.0223. The molecule has 3 rings (SSSR count). The molecule has 0 spiro atoms. The van der Waals surface area contributed by atoms with Crippen molar-refractivity contribution in [2.24, 2.45) is 0 Å². The summed E-state index contributed by atoms with van der Waals surface area (Å²) in [4.78, 5) is 9.14. The Kier molecular flexibility index (Phi) is 6.34. The van der Waals surface area contributed by atoms with Crippen LogP contribution in [-0.2, 0) is 20.0 Å². The minimum Gasteiger partial charge on any atom is -0.280 e. The number of aryl methyl sites for hydroxylation is 2. The number of hydrogen-bond acceptors (Lipinski definition) is 7. The van der Waals surface area contributed by atoms with E-state index in [9.17, 15) is 16.8 Å². The molecule has 0 unspecified atom stereocenters. The summed E-state index contributed by atoms with van der Waals surface area (Å²) in [6.07, 6.45) is 1.90. The summed E-state index contributed by atoms with van der Waals surface area (Å²) in [5.41, 5.74) is 1.51. The molecule has 2 N–H and O–H groups in total. The molecule has 2 aromatic carbocycles. The van der Waals surface area contributed by atoms with Crippen LogP contribution in [0.2, 0.25) is 0 Å². The second kappa shape index (κ2) is 8.62. The minimum atomic E-state index is -3.92. The van der Waals surface area contributed by atoms with Gasteiger partial charge in [0.1, 0.15) is 0 Å². The van der Waals surface area contributed by atoms with Crippen LogP contribution in [0.1, 0.15) is 11.4 Å². The van der Waals surface area contributed by atoms with E-state index >= 15 is 0 Å². The zero-order chi connectivity index (χ0) is 21.9. The molecule has 3 aromatic rings. The summed E-state index contributed by atoms with van der Waals surface area (Å²) >= 11 is 1.51. The molecule has 0 radical (unpaired) electrons. The lowest BCUT2D eigenvalue weighted by molar-refractivity contribution is 0.599. The summed E-state index contributed by atoms with van der Waals surface area (Å²) < 4.78 is 55.0. The van der Waals surface area contributed by atoms with E-state index in [-0.39, 0.29) is 21.4 Å². The third-order valence-corrected chi connectivity index (χ3v) is 7.48. The molecule has 0 saturated heterocycles.